The molecule has 3 atom stereocenters. The van der Waals surface area contributed by atoms with Crippen molar-refractivity contribution in [3.63, 3.8) is 0 Å². The largest absolute Gasteiger partial charge is 0.394 e. The summed E-state index contributed by atoms with van der Waals surface area (Å²) in [5, 5.41) is 18.9. The van der Waals surface area contributed by atoms with Gasteiger partial charge in [-0.2, -0.15) is 0 Å². The minimum absolute atomic E-state index is 0.167. The van der Waals surface area contributed by atoms with E-state index < -0.39 is 0 Å². The van der Waals surface area contributed by atoms with E-state index in [1.54, 1.807) is 0 Å². The van der Waals surface area contributed by atoms with E-state index in [0.29, 0.717) is 24.2 Å². The number of aliphatic hydroxyl groups excluding tert-OH is 1. The smallest absolute Gasteiger partial charge is 0.319 e. The normalized spacial score (nSPS) is 24.2. The van der Waals surface area contributed by atoms with Gasteiger partial charge in [0.05, 0.1) is 18.3 Å². The van der Waals surface area contributed by atoms with Gasteiger partial charge in [-0.15, -0.1) is 0 Å². The molecule has 158 valence electrons. The number of hydrogen-bond donors (Lipinski definition) is 4. The number of rotatable bonds is 5. The monoisotopic (exact) mass is 408 g/mol. The first-order valence-electron chi connectivity index (χ1n) is 10.8. The maximum Gasteiger partial charge on any atom is 0.319 e. The van der Waals surface area contributed by atoms with E-state index in [9.17, 15) is 9.90 Å². The first-order valence-corrected chi connectivity index (χ1v) is 10.8. The summed E-state index contributed by atoms with van der Waals surface area (Å²) in [5.74, 6) is 2.98. The van der Waals surface area contributed by atoms with Gasteiger partial charge >= 0.3 is 6.03 Å². The summed E-state index contributed by atoms with van der Waals surface area (Å²) in [6.45, 7) is 5.27. The van der Waals surface area contributed by atoms with Crippen molar-refractivity contribution in [2.45, 2.75) is 32.4 Å². The Morgan fingerprint density at radius 1 is 1.30 bits per heavy atom. The number of nitrogens with one attached hydrogen (secondary N) is 3. The summed E-state index contributed by atoms with van der Waals surface area (Å²) in [6, 6.07) is 7.56. The standard InChI is InChI=1S/C22H28N6O2/c1-2-24-22(30)25-15-5-3-13(4-6-15)20-26-18-10-23-8-7-16(18)21(27-20)28-11-14-9-17(14)19(28)12-29/h3-6,14,17,19,23,29H,2,7-12H2,1H3,(H2,24,25,30). The highest BCUT2D eigenvalue weighted by Gasteiger charge is 2.53. The molecule has 0 bridgehead atoms. The van der Waals surface area contributed by atoms with Crippen LogP contribution in [-0.4, -0.2) is 53.4 Å². The highest BCUT2D eigenvalue weighted by atomic mass is 16.3. The molecule has 30 heavy (non-hydrogen) atoms. The number of aromatic nitrogens is 2. The lowest BCUT2D eigenvalue weighted by Gasteiger charge is -2.31. The van der Waals surface area contributed by atoms with Gasteiger partial charge < -0.3 is 26.0 Å². The zero-order chi connectivity index (χ0) is 20.7. The Kier molecular flexibility index (Phi) is 5.04. The van der Waals surface area contributed by atoms with Crippen LogP contribution in [0.1, 0.15) is 24.6 Å². The van der Waals surface area contributed by atoms with Crippen molar-refractivity contribution >= 4 is 17.5 Å². The number of hydrogen-bond acceptors (Lipinski definition) is 6. The number of carbonyl (C=O) groups excluding carboxylic acids is 1. The van der Waals surface area contributed by atoms with Crippen molar-refractivity contribution in [3.8, 4) is 11.4 Å². The molecule has 2 aromatic rings. The minimum Gasteiger partial charge on any atom is -0.394 e. The van der Waals surface area contributed by atoms with Gasteiger partial charge in [-0.25, -0.2) is 14.8 Å². The van der Waals surface area contributed by atoms with Crippen LogP contribution in [0.15, 0.2) is 24.3 Å². The van der Waals surface area contributed by atoms with Crippen LogP contribution < -0.4 is 20.9 Å². The minimum atomic E-state index is -0.216. The molecule has 3 unspecified atom stereocenters. The van der Waals surface area contributed by atoms with Crippen molar-refractivity contribution in [1.82, 2.24) is 20.6 Å². The average molecular weight is 409 g/mol. The number of anilines is 2. The number of nitrogens with zero attached hydrogens (tertiary/aromatic N) is 3. The Bertz CT molecular complexity index is 947. The summed E-state index contributed by atoms with van der Waals surface area (Å²) in [5.41, 5.74) is 3.90. The average Bonchev–Trinajstić information content (AvgIpc) is 3.44. The second-order valence-electron chi connectivity index (χ2n) is 8.35. The van der Waals surface area contributed by atoms with E-state index in [1.165, 1.54) is 12.0 Å². The topological polar surface area (TPSA) is 102 Å². The van der Waals surface area contributed by atoms with Crippen molar-refractivity contribution < 1.29 is 9.90 Å². The van der Waals surface area contributed by atoms with Crippen LogP contribution in [0.4, 0.5) is 16.3 Å². The number of urea groups is 1. The molecule has 8 nitrogen and oxygen atoms in total. The van der Waals surface area contributed by atoms with Crippen LogP contribution in [0.25, 0.3) is 11.4 Å². The van der Waals surface area contributed by atoms with E-state index in [2.05, 4.69) is 20.9 Å². The maximum absolute atomic E-state index is 11.7. The van der Waals surface area contributed by atoms with Crippen LogP contribution in [-0.2, 0) is 13.0 Å². The first-order chi connectivity index (χ1) is 14.7. The molecule has 1 saturated carbocycles. The van der Waals surface area contributed by atoms with Crippen LogP contribution >= 0.6 is 0 Å². The van der Waals surface area contributed by atoms with Gasteiger partial charge in [0.25, 0.3) is 0 Å². The fourth-order valence-electron chi connectivity index (χ4n) is 4.79. The Hall–Kier alpha value is -2.71. The molecule has 0 spiro atoms. The Labute approximate surface area is 176 Å². The van der Waals surface area contributed by atoms with Gasteiger partial charge in [0.15, 0.2) is 5.82 Å². The molecule has 1 aromatic carbocycles. The summed E-state index contributed by atoms with van der Waals surface area (Å²) in [6.07, 6.45) is 2.13. The van der Waals surface area contributed by atoms with Crippen molar-refractivity contribution in [2.75, 3.05) is 36.5 Å². The highest BCUT2D eigenvalue weighted by Crippen LogP contribution is 2.51. The van der Waals surface area contributed by atoms with E-state index in [0.717, 1.165) is 48.8 Å². The SMILES string of the molecule is CCNC(=O)Nc1ccc(-c2nc3c(c(N4CC5CC5C4CO)n2)CCNC3)cc1. The molecule has 1 aromatic heterocycles. The predicted molar refractivity (Wildman–Crippen MR) is 115 cm³/mol. The van der Waals surface area contributed by atoms with Crippen LogP contribution in [0.3, 0.4) is 0 Å². The fourth-order valence-corrected chi connectivity index (χ4v) is 4.79. The second kappa shape index (κ2) is 7.85. The third kappa shape index (κ3) is 3.50. The summed E-state index contributed by atoms with van der Waals surface area (Å²) in [4.78, 5) is 23.9. The molecule has 2 fully saturated rings. The summed E-state index contributed by atoms with van der Waals surface area (Å²) in [7, 11) is 0. The number of aliphatic hydroxyl groups is 1. The fraction of sp³-hybridized carbons (Fsp3) is 0.500. The van der Waals surface area contributed by atoms with Gasteiger partial charge in [-0.1, -0.05) is 0 Å². The van der Waals surface area contributed by atoms with Crippen molar-refractivity contribution in [2.24, 2.45) is 11.8 Å². The van der Waals surface area contributed by atoms with E-state index in [1.807, 2.05) is 31.2 Å². The zero-order valence-corrected chi connectivity index (χ0v) is 17.2. The number of benzene rings is 1. The van der Waals surface area contributed by atoms with Gasteiger partial charge in [0, 0.05) is 36.4 Å². The summed E-state index contributed by atoms with van der Waals surface area (Å²) >= 11 is 0. The predicted octanol–water partition coefficient (Wildman–Crippen LogP) is 1.75. The van der Waals surface area contributed by atoms with Gasteiger partial charge in [0.2, 0.25) is 0 Å². The molecule has 4 N–H and O–H groups in total. The lowest BCUT2D eigenvalue weighted by Crippen LogP contribution is -2.38. The first kappa shape index (κ1) is 19.3. The molecule has 0 radical (unpaired) electrons. The quantitative estimate of drug-likeness (QED) is 0.601. The second-order valence-corrected chi connectivity index (χ2v) is 8.35. The molecule has 2 amide bonds. The van der Waals surface area contributed by atoms with E-state index >= 15 is 0 Å². The molecule has 1 saturated heterocycles. The Morgan fingerprint density at radius 2 is 2.13 bits per heavy atom. The number of piperidine rings is 1. The molecule has 1 aliphatic carbocycles. The lowest BCUT2D eigenvalue weighted by atomic mass is 10.0. The number of carbonyl (C=O) groups is 1. The molecular weight excluding hydrogens is 380 g/mol. The third-order valence-electron chi connectivity index (χ3n) is 6.42. The molecule has 3 aliphatic rings. The van der Waals surface area contributed by atoms with Gasteiger partial charge in [-0.3, -0.25) is 0 Å². The van der Waals surface area contributed by atoms with E-state index in [4.69, 9.17) is 9.97 Å². The Balaban J connectivity index is 1.46. The number of fused-ring (bicyclic) bond motifs is 2. The van der Waals surface area contributed by atoms with Crippen LogP contribution in [0, 0.1) is 11.8 Å². The summed E-state index contributed by atoms with van der Waals surface area (Å²) < 4.78 is 0. The van der Waals surface area contributed by atoms with Crippen LogP contribution in [0.5, 0.6) is 0 Å². The van der Waals surface area contributed by atoms with Crippen molar-refractivity contribution in [3.05, 3.63) is 35.5 Å². The van der Waals surface area contributed by atoms with E-state index in [-0.39, 0.29) is 18.7 Å². The van der Waals surface area contributed by atoms with Gasteiger partial charge in [-0.05, 0) is 62.4 Å². The molecule has 8 heteroatoms. The Morgan fingerprint density at radius 3 is 2.90 bits per heavy atom. The van der Waals surface area contributed by atoms with Gasteiger partial charge in [0.1, 0.15) is 5.82 Å². The number of amides is 2. The zero-order valence-electron chi connectivity index (χ0n) is 17.2. The third-order valence-corrected chi connectivity index (χ3v) is 6.42. The molecule has 5 rings (SSSR count). The maximum atomic E-state index is 11.7. The van der Waals surface area contributed by atoms with Crippen molar-refractivity contribution in [1.29, 1.82) is 0 Å². The van der Waals surface area contributed by atoms with Crippen LogP contribution in [0.2, 0.25) is 0 Å². The molecule has 2 aliphatic heterocycles. The molecule has 3 heterocycles. The molecular formula is C22H28N6O2. The highest BCUT2D eigenvalue weighted by molar-refractivity contribution is 5.89. The lowest BCUT2D eigenvalue weighted by molar-refractivity contribution is 0.252.